The Balaban J connectivity index is 2.73. The predicted molar refractivity (Wildman–Crippen MR) is 51.9 cm³/mol. The smallest absolute Gasteiger partial charge is 0.141 e. The van der Waals surface area contributed by atoms with Gasteiger partial charge in [0.1, 0.15) is 5.82 Å². The van der Waals surface area contributed by atoms with Crippen LogP contribution in [0.2, 0.25) is 5.02 Å². The Morgan fingerprint density at radius 2 is 2.23 bits per heavy atom. The van der Waals surface area contributed by atoms with Crippen molar-refractivity contribution in [1.29, 1.82) is 0 Å². The van der Waals surface area contributed by atoms with Gasteiger partial charge in [0.15, 0.2) is 0 Å². The normalized spacial score (nSPS) is 10.8. The van der Waals surface area contributed by atoms with Crippen molar-refractivity contribution in [1.82, 2.24) is 4.90 Å². The number of nitrogens with zero attached hydrogens (tertiary/aromatic N) is 1. The van der Waals surface area contributed by atoms with Crippen molar-refractivity contribution in [2.45, 2.75) is 6.54 Å². The second-order valence-corrected chi connectivity index (χ2v) is 3.35. The average Bonchev–Trinajstić information content (AvgIpc) is 2.11. The van der Waals surface area contributed by atoms with Gasteiger partial charge in [-0.25, -0.2) is 4.39 Å². The van der Waals surface area contributed by atoms with E-state index in [1.165, 1.54) is 6.07 Å². The van der Waals surface area contributed by atoms with E-state index in [0.717, 1.165) is 5.56 Å². The first kappa shape index (κ1) is 10.4. The third-order valence-electron chi connectivity index (χ3n) is 1.75. The van der Waals surface area contributed by atoms with Gasteiger partial charge < -0.3 is 5.73 Å². The molecule has 0 saturated heterocycles. The Hall–Kier alpha value is -0.640. The molecule has 0 heterocycles. The van der Waals surface area contributed by atoms with E-state index in [1.54, 1.807) is 12.1 Å². The molecule has 1 rings (SSSR count). The van der Waals surface area contributed by atoms with Crippen LogP contribution in [-0.4, -0.2) is 18.6 Å². The maximum Gasteiger partial charge on any atom is 0.141 e. The lowest BCUT2D eigenvalue weighted by Crippen LogP contribution is -2.24. The SMILES string of the molecule is CN(CN)Cc1ccc(F)c(Cl)c1. The van der Waals surface area contributed by atoms with Gasteiger partial charge in [-0.2, -0.15) is 0 Å². The van der Waals surface area contributed by atoms with E-state index in [4.69, 9.17) is 17.3 Å². The monoisotopic (exact) mass is 202 g/mol. The van der Waals surface area contributed by atoms with Crippen molar-refractivity contribution in [3.05, 3.63) is 34.6 Å². The molecule has 0 aliphatic rings. The fraction of sp³-hybridized carbons (Fsp3) is 0.333. The van der Waals surface area contributed by atoms with Crippen LogP contribution in [0.15, 0.2) is 18.2 Å². The van der Waals surface area contributed by atoms with E-state index in [9.17, 15) is 4.39 Å². The van der Waals surface area contributed by atoms with Gasteiger partial charge in [-0.1, -0.05) is 17.7 Å². The molecule has 0 bridgehead atoms. The highest BCUT2D eigenvalue weighted by Gasteiger charge is 2.02. The summed E-state index contributed by atoms with van der Waals surface area (Å²) in [4.78, 5) is 1.91. The topological polar surface area (TPSA) is 29.3 Å². The number of hydrogen-bond acceptors (Lipinski definition) is 2. The van der Waals surface area contributed by atoms with E-state index < -0.39 is 0 Å². The van der Waals surface area contributed by atoms with Crippen molar-refractivity contribution >= 4 is 11.6 Å². The van der Waals surface area contributed by atoms with E-state index in [-0.39, 0.29) is 10.8 Å². The molecule has 0 atom stereocenters. The zero-order valence-corrected chi connectivity index (χ0v) is 8.18. The molecule has 0 radical (unpaired) electrons. The van der Waals surface area contributed by atoms with Crippen molar-refractivity contribution in [3.8, 4) is 0 Å². The molecular formula is C9H12ClFN2. The number of halogens is 2. The van der Waals surface area contributed by atoms with Gasteiger partial charge in [0.25, 0.3) is 0 Å². The molecule has 1 aromatic carbocycles. The zero-order valence-electron chi connectivity index (χ0n) is 7.43. The lowest BCUT2D eigenvalue weighted by Gasteiger charge is -2.13. The fourth-order valence-corrected chi connectivity index (χ4v) is 1.22. The molecule has 4 heteroatoms. The number of benzene rings is 1. The first-order valence-corrected chi connectivity index (χ1v) is 4.34. The average molecular weight is 203 g/mol. The van der Waals surface area contributed by atoms with E-state index in [1.807, 2.05) is 11.9 Å². The van der Waals surface area contributed by atoms with Gasteiger partial charge in [-0.3, -0.25) is 4.90 Å². The lowest BCUT2D eigenvalue weighted by atomic mass is 10.2. The van der Waals surface area contributed by atoms with E-state index >= 15 is 0 Å². The van der Waals surface area contributed by atoms with E-state index in [0.29, 0.717) is 13.2 Å². The molecule has 0 saturated carbocycles. The zero-order chi connectivity index (χ0) is 9.84. The summed E-state index contributed by atoms with van der Waals surface area (Å²) in [5, 5.41) is 0.155. The summed E-state index contributed by atoms with van der Waals surface area (Å²) in [5.74, 6) is -0.388. The van der Waals surface area contributed by atoms with Gasteiger partial charge in [0.2, 0.25) is 0 Å². The maximum absolute atomic E-state index is 12.7. The van der Waals surface area contributed by atoms with Crippen LogP contribution in [0.4, 0.5) is 4.39 Å². The van der Waals surface area contributed by atoms with Crippen LogP contribution in [-0.2, 0) is 6.54 Å². The van der Waals surface area contributed by atoms with Gasteiger partial charge in [-0.05, 0) is 24.7 Å². The molecule has 2 nitrogen and oxygen atoms in total. The number of rotatable bonds is 3. The molecular weight excluding hydrogens is 191 g/mol. The Labute approximate surface area is 82.1 Å². The summed E-state index contributed by atoms with van der Waals surface area (Å²) in [7, 11) is 1.89. The summed E-state index contributed by atoms with van der Waals surface area (Å²) in [6, 6.07) is 4.68. The molecule has 0 aliphatic carbocycles. The molecule has 0 unspecified atom stereocenters. The molecule has 0 aliphatic heterocycles. The first-order valence-electron chi connectivity index (χ1n) is 3.96. The standard InChI is InChI=1S/C9H12ClFN2/c1-13(6-12)5-7-2-3-9(11)8(10)4-7/h2-4H,5-6,12H2,1H3. The Kier molecular flexibility index (Phi) is 3.66. The van der Waals surface area contributed by atoms with Crippen molar-refractivity contribution in [3.63, 3.8) is 0 Å². The molecule has 1 aromatic rings. The number of nitrogens with two attached hydrogens (primary N) is 1. The number of hydrogen-bond donors (Lipinski definition) is 1. The van der Waals surface area contributed by atoms with Crippen LogP contribution in [0.1, 0.15) is 5.56 Å². The lowest BCUT2D eigenvalue weighted by molar-refractivity contribution is 0.337. The van der Waals surface area contributed by atoms with Crippen LogP contribution < -0.4 is 5.73 Å². The van der Waals surface area contributed by atoms with Crippen molar-refractivity contribution in [2.75, 3.05) is 13.7 Å². The summed E-state index contributed by atoms with van der Waals surface area (Å²) in [6.45, 7) is 1.14. The Morgan fingerprint density at radius 3 is 2.77 bits per heavy atom. The Morgan fingerprint density at radius 1 is 1.54 bits per heavy atom. The highest BCUT2D eigenvalue weighted by atomic mass is 35.5. The fourth-order valence-electron chi connectivity index (χ4n) is 1.01. The van der Waals surface area contributed by atoms with Gasteiger partial charge in [0.05, 0.1) is 5.02 Å². The first-order chi connectivity index (χ1) is 6.13. The largest absolute Gasteiger partial charge is 0.318 e. The second kappa shape index (κ2) is 4.56. The minimum Gasteiger partial charge on any atom is -0.318 e. The van der Waals surface area contributed by atoms with E-state index in [2.05, 4.69) is 0 Å². The van der Waals surface area contributed by atoms with Gasteiger partial charge in [0, 0.05) is 13.2 Å². The summed E-state index contributed by atoms with van der Waals surface area (Å²) in [6.07, 6.45) is 0. The minimum absolute atomic E-state index is 0.155. The minimum atomic E-state index is -0.388. The predicted octanol–water partition coefficient (Wildman–Crippen LogP) is 1.83. The second-order valence-electron chi connectivity index (χ2n) is 2.95. The van der Waals surface area contributed by atoms with Crippen molar-refractivity contribution < 1.29 is 4.39 Å². The Bertz CT molecular complexity index is 291. The summed E-state index contributed by atoms with van der Waals surface area (Å²) < 4.78 is 12.7. The summed E-state index contributed by atoms with van der Waals surface area (Å²) in [5.41, 5.74) is 6.36. The van der Waals surface area contributed by atoms with Crippen LogP contribution in [0.3, 0.4) is 0 Å². The highest BCUT2D eigenvalue weighted by molar-refractivity contribution is 6.30. The maximum atomic E-state index is 12.7. The van der Waals surface area contributed by atoms with Crippen LogP contribution in [0.25, 0.3) is 0 Å². The van der Waals surface area contributed by atoms with Crippen LogP contribution in [0.5, 0.6) is 0 Å². The molecule has 13 heavy (non-hydrogen) atoms. The summed E-state index contributed by atoms with van der Waals surface area (Å²) >= 11 is 5.62. The molecule has 2 N–H and O–H groups in total. The quantitative estimate of drug-likeness (QED) is 0.758. The molecule has 0 amide bonds. The molecule has 72 valence electrons. The van der Waals surface area contributed by atoms with Crippen molar-refractivity contribution in [2.24, 2.45) is 5.73 Å². The van der Waals surface area contributed by atoms with Gasteiger partial charge >= 0.3 is 0 Å². The highest BCUT2D eigenvalue weighted by Crippen LogP contribution is 2.16. The third kappa shape index (κ3) is 2.95. The van der Waals surface area contributed by atoms with Crippen LogP contribution in [0, 0.1) is 5.82 Å². The molecule has 0 aromatic heterocycles. The van der Waals surface area contributed by atoms with Crippen LogP contribution >= 0.6 is 11.6 Å². The molecule has 0 spiro atoms. The van der Waals surface area contributed by atoms with Gasteiger partial charge in [-0.15, -0.1) is 0 Å². The third-order valence-corrected chi connectivity index (χ3v) is 2.04. The molecule has 0 fully saturated rings.